The molecule has 0 spiro atoms. The Bertz CT molecular complexity index is 226. The van der Waals surface area contributed by atoms with Gasteiger partial charge >= 0.3 is 0 Å². The van der Waals surface area contributed by atoms with Crippen molar-refractivity contribution in [3.05, 3.63) is 22.8 Å². The highest BCUT2D eigenvalue weighted by atomic mass is 14.3. The maximum absolute atomic E-state index is 2.31. The summed E-state index contributed by atoms with van der Waals surface area (Å²) in [6, 6.07) is 0. The highest BCUT2D eigenvalue weighted by Gasteiger charge is 2.27. The van der Waals surface area contributed by atoms with Gasteiger partial charge in [0.2, 0.25) is 0 Å². The zero-order valence-electron chi connectivity index (χ0n) is 9.48. The fourth-order valence-corrected chi connectivity index (χ4v) is 2.04. The third-order valence-electron chi connectivity index (χ3n) is 2.93. The molecule has 0 aromatic carbocycles. The molecule has 1 aliphatic rings. The molecule has 1 rings (SSSR count). The molecule has 0 bridgehead atoms. The van der Waals surface area contributed by atoms with Crippen molar-refractivity contribution in [2.24, 2.45) is 5.92 Å². The van der Waals surface area contributed by atoms with Gasteiger partial charge < -0.3 is 0 Å². The van der Waals surface area contributed by atoms with Gasteiger partial charge in [-0.2, -0.15) is 0 Å². The number of rotatable bonds is 4. The summed E-state index contributed by atoms with van der Waals surface area (Å²) in [5.41, 5.74) is 4.80. The minimum atomic E-state index is 0.905. The van der Waals surface area contributed by atoms with Gasteiger partial charge in [0.05, 0.1) is 0 Å². The fourth-order valence-electron chi connectivity index (χ4n) is 2.04. The van der Waals surface area contributed by atoms with E-state index in [4.69, 9.17) is 0 Å². The number of allylic oxidation sites excluding steroid dienone is 4. The van der Waals surface area contributed by atoms with Crippen molar-refractivity contribution in [3.8, 4) is 0 Å². The third-order valence-corrected chi connectivity index (χ3v) is 2.93. The zero-order chi connectivity index (χ0) is 9.84. The predicted molar refractivity (Wildman–Crippen MR) is 59.8 cm³/mol. The smallest absolute Gasteiger partial charge is 0.0160 e. The van der Waals surface area contributed by atoms with Crippen LogP contribution in [0.2, 0.25) is 0 Å². The third kappa shape index (κ3) is 2.72. The molecule has 1 aliphatic carbocycles. The molecule has 0 N–H and O–H groups in total. The summed E-state index contributed by atoms with van der Waals surface area (Å²) >= 11 is 0. The quantitative estimate of drug-likeness (QED) is 0.557. The first-order valence-corrected chi connectivity index (χ1v) is 5.53. The lowest BCUT2D eigenvalue weighted by molar-refractivity contribution is 0.860. The molecule has 13 heavy (non-hydrogen) atoms. The van der Waals surface area contributed by atoms with E-state index in [1.54, 1.807) is 11.1 Å². The summed E-state index contributed by atoms with van der Waals surface area (Å²) in [6.07, 6.45) is 7.64. The van der Waals surface area contributed by atoms with Gasteiger partial charge in [-0.3, -0.25) is 0 Å². The van der Waals surface area contributed by atoms with E-state index in [0.29, 0.717) is 0 Å². The molecule has 0 atom stereocenters. The zero-order valence-corrected chi connectivity index (χ0v) is 9.48. The Kier molecular flexibility index (Phi) is 3.77. The monoisotopic (exact) mass is 178 g/mol. The van der Waals surface area contributed by atoms with Gasteiger partial charge in [0.1, 0.15) is 0 Å². The van der Waals surface area contributed by atoms with E-state index in [1.807, 2.05) is 0 Å². The molecule has 0 aromatic rings. The molecule has 0 amide bonds. The molecule has 0 radical (unpaired) electrons. The molecule has 0 heteroatoms. The van der Waals surface area contributed by atoms with Crippen molar-refractivity contribution in [3.63, 3.8) is 0 Å². The Hall–Kier alpha value is -0.520. The van der Waals surface area contributed by atoms with Gasteiger partial charge in [0.25, 0.3) is 0 Å². The van der Waals surface area contributed by atoms with Crippen LogP contribution in [0.4, 0.5) is 0 Å². The Balaban J connectivity index is 2.82. The number of hydrogen-bond donors (Lipinski definition) is 0. The van der Waals surface area contributed by atoms with E-state index in [2.05, 4.69) is 33.8 Å². The van der Waals surface area contributed by atoms with Gasteiger partial charge in [-0.05, 0) is 51.5 Å². The molecular formula is C13H22. The molecule has 1 fully saturated rings. The van der Waals surface area contributed by atoms with E-state index in [-0.39, 0.29) is 0 Å². The Morgan fingerprint density at radius 3 is 2.31 bits per heavy atom. The summed E-state index contributed by atoms with van der Waals surface area (Å²) in [4.78, 5) is 0. The lowest BCUT2D eigenvalue weighted by atomic mass is 9.95. The van der Waals surface area contributed by atoms with Gasteiger partial charge in [0.15, 0.2) is 0 Å². The summed E-state index contributed by atoms with van der Waals surface area (Å²) < 4.78 is 0. The molecular weight excluding hydrogens is 156 g/mol. The van der Waals surface area contributed by atoms with Gasteiger partial charge in [-0.15, -0.1) is 0 Å². The summed E-state index contributed by atoms with van der Waals surface area (Å²) in [6.45, 7) is 8.98. The molecule has 0 saturated heterocycles. The lowest BCUT2D eigenvalue weighted by Crippen LogP contribution is -1.93. The van der Waals surface area contributed by atoms with Crippen LogP contribution in [0.5, 0.6) is 0 Å². The highest BCUT2D eigenvalue weighted by molar-refractivity contribution is 5.37. The van der Waals surface area contributed by atoms with E-state index >= 15 is 0 Å². The predicted octanol–water partition coefficient (Wildman–Crippen LogP) is 4.48. The van der Waals surface area contributed by atoms with Crippen LogP contribution in [-0.4, -0.2) is 0 Å². The van der Waals surface area contributed by atoms with E-state index in [9.17, 15) is 0 Å². The maximum Gasteiger partial charge on any atom is -0.0160 e. The lowest BCUT2D eigenvalue weighted by Gasteiger charge is -2.11. The van der Waals surface area contributed by atoms with Crippen molar-refractivity contribution in [2.75, 3.05) is 0 Å². The van der Waals surface area contributed by atoms with E-state index in [0.717, 1.165) is 5.92 Å². The first-order valence-electron chi connectivity index (χ1n) is 5.53. The van der Waals surface area contributed by atoms with E-state index < -0.39 is 0 Å². The Morgan fingerprint density at radius 2 is 1.92 bits per heavy atom. The van der Waals surface area contributed by atoms with Crippen molar-refractivity contribution in [1.82, 2.24) is 0 Å². The van der Waals surface area contributed by atoms with Gasteiger partial charge in [0, 0.05) is 0 Å². The summed E-state index contributed by atoms with van der Waals surface area (Å²) in [5, 5.41) is 0. The normalized spacial score (nSPS) is 20.2. The van der Waals surface area contributed by atoms with Crippen LogP contribution < -0.4 is 0 Å². The maximum atomic E-state index is 2.31. The van der Waals surface area contributed by atoms with Crippen LogP contribution in [0.3, 0.4) is 0 Å². The van der Waals surface area contributed by atoms with Crippen LogP contribution in [0.25, 0.3) is 0 Å². The average Bonchev–Trinajstić information content (AvgIpc) is 2.89. The van der Waals surface area contributed by atoms with Crippen molar-refractivity contribution < 1.29 is 0 Å². The molecule has 0 aliphatic heterocycles. The molecule has 0 aromatic heterocycles. The van der Waals surface area contributed by atoms with Crippen LogP contribution >= 0.6 is 0 Å². The first kappa shape index (κ1) is 10.6. The van der Waals surface area contributed by atoms with Crippen LogP contribution in [0.1, 0.15) is 53.4 Å². The first-order chi connectivity index (χ1) is 6.20. The second-order valence-corrected chi connectivity index (χ2v) is 4.19. The second-order valence-electron chi connectivity index (χ2n) is 4.19. The SMILES string of the molecule is CC=C(C)C(=C(C)CCC)C1CC1. The standard InChI is InChI=1S/C13H22/c1-5-7-11(4)13(10(3)6-2)12-8-9-12/h6,12H,5,7-9H2,1-4H3. The fraction of sp³-hybridized carbons (Fsp3) is 0.692. The Labute approximate surface area is 82.7 Å². The van der Waals surface area contributed by atoms with Crippen LogP contribution in [0.15, 0.2) is 22.8 Å². The van der Waals surface area contributed by atoms with Crippen molar-refractivity contribution in [1.29, 1.82) is 0 Å². The summed E-state index contributed by atoms with van der Waals surface area (Å²) in [7, 11) is 0. The van der Waals surface area contributed by atoms with Gasteiger partial charge in [-0.25, -0.2) is 0 Å². The van der Waals surface area contributed by atoms with Crippen molar-refractivity contribution >= 4 is 0 Å². The molecule has 1 saturated carbocycles. The Morgan fingerprint density at radius 1 is 1.31 bits per heavy atom. The number of hydrogen-bond acceptors (Lipinski definition) is 0. The molecule has 74 valence electrons. The minimum Gasteiger partial charge on any atom is -0.0844 e. The van der Waals surface area contributed by atoms with Gasteiger partial charge in [-0.1, -0.05) is 30.6 Å². The largest absolute Gasteiger partial charge is 0.0844 e. The molecule has 0 nitrogen and oxygen atoms in total. The van der Waals surface area contributed by atoms with Crippen molar-refractivity contribution in [2.45, 2.75) is 53.4 Å². The summed E-state index contributed by atoms with van der Waals surface area (Å²) in [5.74, 6) is 0.905. The average molecular weight is 178 g/mol. The van der Waals surface area contributed by atoms with Crippen LogP contribution in [0, 0.1) is 5.92 Å². The minimum absolute atomic E-state index is 0.905. The molecule has 0 unspecified atom stereocenters. The topological polar surface area (TPSA) is 0 Å². The highest BCUT2D eigenvalue weighted by Crippen LogP contribution is 2.42. The second kappa shape index (κ2) is 4.64. The molecule has 0 heterocycles. The van der Waals surface area contributed by atoms with Crippen LogP contribution in [-0.2, 0) is 0 Å². The van der Waals surface area contributed by atoms with E-state index in [1.165, 1.54) is 31.3 Å².